The van der Waals surface area contributed by atoms with Crippen LogP contribution in [0.25, 0.3) is 0 Å². The smallest absolute Gasteiger partial charge is 0.329 e. The molecule has 1 aromatic carbocycles. The van der Waals surface area contributed by atoms with Crippen molar-refractivity contribution in [3.8, 4) is 0 Å². The molecule has 1 saturated carbocycles. The predicted molar refractivity (Wildman–Crippen MR) is 96.6 cm³/mol. The van der Waals surface area contributed by atoms with Gasteiger partial charge in [-0.25, -0.2) is 4.79 Å². The van der Waals surface area contributed by atoms with E-state index in [0.717, 1.165) is 37.7 Å². The van der Waals surface area contributed by atoms with Gasteiger partial charge >= 0.3 is 5.97 Å². The van der Waals surface area contributed by atoms with Crippen LogP contribution < -0.4 is 0 Å². The lowest BCUT2D eigenvalue weighted by Gasteiger charge is -2.29. The highest BCUT2D eigenvalue weighted by atomic mass is 16.7. The number of amides is 2. The third-order valence-electron chi connectivity index (χ3n) is 5.38. The van der Waals surface area contributed by atoms with Gasteiger partial charge in [-0.05, 0) is 48.6 Å². The summed E-state index contributed by atoms with van der Waals surface area (Å²) in [6, 6.07) is 10.1. The summed E-state index contributed by atoms with van der Waals surface area (Å²) in [5.74, 6) is -2.15. The quantitative estimate of drug-likeness (QED) is 0.776. The van der Waals surface area contributed by atoms with Crippen molar-refractivity contribution in [2.75, 3.05) is 0 Å². The molecule has 0 spiro atoms. The summed E-state index contributed by atoms with van der Waals surface area (Å²) < 4.78 is 0. The van der Waals surface area contributed by atoms with Crippen molar-refractivity contribution < 1.29 is 19.2 Å². The first-order valence-corrected chi connectivity index (χ1v) is 9.26. The number of hydroxylamine groups is 2. The van der Waals surface area contributed by atoms with Crippen molar-refractivity contribution in [2.24, 2.45) is 5.92 Å². The van der Waals surface area contributed by atoms with E-state index in [1.165, 1.54) is 0 Å². The molecule has 4 rings (SSSR count). The van der Waals surface area contributed by atoms with Gasteiger partial charge in [-0.15, -0.1) is 0 Å². The Labute approximate surface area is 157 Å². The standard InChI is InChI=1S/C21H20N2O4/c24-19-16-8-4-5-9-17(16)20(25)23(19)27-21(26)18(14-6-2-1-3-7-14)15-10-12-22-13-11-15/h4-5,8-14,18H,1-3,6-7H2. The van der Waals surface area contributed by atoms with Crippen molar-refractivity contribution in [2.45, 2.75) is 38.0 Å². The molecular formula is C21H20N2O4. The number of carbonyl (C=O) groups is 3. The van der Waals surface area contributed by atoms with Crippen LogP contribution >= 0.6 is 0 Å². The molecule has 2 aliphatic rings. The highest BCUT2D eigenvalue weighted by Gasteiger charge is 2.41. The van der Waals surface area contributed by atoms with E-state index in [1.54, 1.807) is 48.8 Å². The monoisotopic (exact) mass is 364 g/mol. The second-order valence-corrected chi connectivity index (χ2v) is 7.02. The number of rotatable bonds is 4. The van der Waals surface area contributed by atoms with Crippen LogP contribution in [0.1, 0.15) is 64.3 Å². The molecule has 6 heteroatoms. The minimum absolute atomic E-state index is 0.129. The number of carbonyl (C=O) groups excluding carboxylic acids is 3. The van der Waals surface area contributed by atoms with Gasteiger partial charge in [-0.2, -0.15) is 0 Å². The number of nitrogens with zero attached hydrogens (tertiary/aromatic N) is 2. The van der Waals surface area contributed by atoms with Crippen LogP contribution in [0, 0.1) is 5.92 Å². The number of benzene rings is 1. The largest absolute Gasteiger partial charge is 0.340 e. The van der Waals surface area contributed by atoms with E-state index in [0.29, 0.717) is 5.06 Å². The number of hydrogen-bond donors (Lipinski definition) is 0. The predicted octanol–water partition coefficient (Wildman–Crippen LogP) is 3.50. The molecule has 1 aliphatic heterocycles. The maximum atomic E-state index is 13.1. The van der Waals surface area contributed by atoms with Gasteiger partial charge in [-0.1, -0.05) is 36.5 Å². The van der Waals surface area contributed by atoms with Crippen LogP contribution in [0.5, 0.6) is 0 Å². The Hall–Kier alpha value is -3.02. The van der Waals surface area contributed by atoms with Crippen LogP contribution in [0.3, 0.4) is 0 Å². The Morgan fingerprint density at radius 3 is 2.15 bits per heavy atom. The van der Waals surface area contributed by atoms with E-state index in [-0.39, 0.29) is 17.0 Å². The van der Waals surface area contributed by atoms with Crippen LogP contribution in [0.4, 0.5) is 0 Å². The highest BCUT2D eigenvalue weighted by Crippen LogP contribution is 2.37. The fourth-order valence-corrected chi connectivity index (χ4v) is 4.04. The van der Waals surface area contributed by atoms with E-state index in [4.69, 9.17) is 4.84 Å². The first kappa shape index (κ1) is 17.4. The summed E-state index contributed by atoms with van der Waals surface area (Å²) in [6.45, 7) is 0. The Balaban J connectivity index is 1.59. The van der Waals surface area contributed by atoms with E-state index in [9.17, 15) is 14.4 Å². The van der Waals surface area contributed by atoms with Crippen molar-refractivity contribution >= 4 is 17.8 Å². The van der Waals surface area contributed by atoms with Crippen molar-refractivity contribution in [1.82, 2.24) is 10.0 Å². The third-order valence-corrected chi connectivity index (χ3v) is 5.38. The number of pyridine rings is 1. The molecule has 2 aromatic rings. The van der Waals surface area contributed by atoms with E-state index in [1.807, 2.05) is 0 Å². The molecule has 1 fully saturated rings. The summed E-state index contributed by atoms with van der Waals surface area (Å²) in [7, 11) is 0. The molecule has 0 bridgehead atoms. The molecule has 138 valence electrons. The van der Waals surface area contributed by atoms with Gasteiger partial charge in [0.15, 0.2) is 0 Å². The van der Waals surface area contributed by atoms with Crippen LogP contribution in [0.15, 0.2) is 48.8 Å². The number of aromatic nitrogens is 1. The Morgan fingerprint density at radius 1 is 0.963 bits per heavy atom. The number of hydrogen-bond acceptors (Lipinski definition) is 5. The van der Waals surface area contributed by atoms with Gasteiger partial charge in [0.25, 0.3) is 11.8 Å². The molecule has 2 heterocycles. The molecule has 1 atom stereocenters. The average Bonchev–Trinajstić information content (AvgIpc) is 2.95. The van der Waals surface area contributed by atoms with Gasteiger partial charge in [0.05, 0.1) is 17.0 Å². The SMILES string of the molecule is O=C(ON1C(=O)c2ccccc2C1=O)C(c1ccncc1)C1CCCCC1. The Kier molecular flexibility index (Phi) is 4.71. The topological polar surface area (TPSA) is 76.6 Å². The van der Waals surface area contributed by atoms with Crippen molar-refractivity contribution in [1.29, 1.82) is 0 Å². The molecular weight excluding hydrogens is 344 g/mol. The second-order valence-electron chi connectivity index (χ2n) is 7.02. The molecule has 1 aromatic heterocycles. The lowest BCUT2D eigenvalue weighted by Crippen LogP contribution is -2.36. The maximum Gasteiger partial charge on any atom is 0.340 e. The van der Waals surface area contributed by atoms with E-state index < -0.39 is 23.7 Å². The molecule has 27 heavy (non-hydrogen) atoms. The number of imide groups is 1. The Bertz CT molecular complexity index is 840. The van der Waals surface area contributed by atoms with E-state index in [2.05, 4.69) is 4.98 Å². The number of fused-ring (bicyclic) bond motifs is 1. The Morgan fingerprint density at radius 2 is 1.56 bits per heavy atom. The molecule has 1 aliphatic carbocycles. The fraction of sp³-hybridized carbons (Fsp3) is 0.333. The average molecular weight is 364 g/mol. The molecule has 1 unspecified atom stereocenters. The zero-order valence-electron chi connectivity index (χ0n) is 14.8. The minimum atomic E-state index is -0.596. The van der Waals surface area contributed by atoms with Crippen molar-refractivity contribution in [3.63, 3.8) is 0 Å². The normalized spacial score (nSPS) is 18.3. The van der Waals surface area contributed by atoms with E-state index >= 15 is 0 Å². The summed E-state index contributed by atoms with van der Waals surface area (Å²) in [5.41, 5.74) is 1.32. The first-order valence-electron chi connectivity index (χ1n) is 9.26. The fourth-order valence-electron chi connectivity index (χ4n) is 4.04. The molecule has 0 saturated heterocycles. The van der Waals surface area contributed by atoms with Gasteiger partial charge in [0.2, 0.25) is 0 Å². The summed E-state index contributed by atoms with van der Waals surface area (Å²) in [6.07, 6.45) is 8.40. The second kappa shape index (κ2) is 7.31. The van der Waals surface area contributed by atoms with Crippen LogP contribution in [-0.4, -0.2) is 27.8 Å². The van der Waals surface area contributed by atoms with Crippen molar-refractivity contribution in [3.05, 3.63) is 65.5 Å². The molecule has 2 amide bonds. The lowest BCUT2D eigenvalue weighted by atomic mass is 9.77. The van der Waals surface area contributed by atoms with Gasteiger partial charge in [0.1, 0.15) is 0 Å². The third kappa shape index (κ3) is 3.23. The van der Waals surface area contributed by atoms with Gasteiger partial charge < -0.3 is 4.84 Å². The molecule has 0 radical (unpaired) electrons. The molecule has 6 nitrogen and oxygen atoms in total. The lowest BCUT2D eigenvalue weighted by molar-refractivity contribution is -0.172. The zero-order valence-corrected chi connectivity index (χ0v) is 14.8. The summed E-state index contributed by atoms with van der Waals surface area (Å²) in [4.78, 5) is 47.4. The first-order chi connectivity index (χ1) is 13.2. The van der Waals surface area contributed by atoms with Crippen LogP contribution in [0.2, 0.25) is 0 Å². The maximum absolute atomic E-state index is 13.1. The highest BCUT2D eigenvalue weighted by molar-refractivity contribution is 6.20. The van der Waals surface area contributed by atoms with Gasteiger partial charge in [-0.3, -0.25) is 14.6 Å². The van der Waals surface area contributed by atoms with Gasteiger partial charge in [0, 0.05) is 12.4 Å². The summed E-state index contributed by atoms with van der Waals surface area (Å²) >= 11 is 0. The minimum Gasteiger partial charge on any atom is -0.329 e. The zero-order chi connectivity index (χ0) is 18.8. The summed E-state index contributed by atoms with van der Waals surface area (Å²) in [5, 5.41) is 0.601. The molecule has 0 N–H and O–H groups in total. The van der Waals surface area contributed by atoms with Crippen LogP contribution in [-0.2, 0) is 9.63 Å².